The average Bonchev–Trinajstić information content (AvgIpc) is 3.00. The zero-order chi connectivity index (χ0) is 17.3. The molecule has 0 aliphatic heterocycles. The predicted molar refractivity (Wildman–Crippen MR) is 78.9 cm³/mol. The van der Waals surface area contributed by atoms with Crippen molar-refractivity contribution < 1.29 is 22.4 Å². The van der Waals surface area contributed by atoms with E-state index < -0.39 is 23.5 Å². The van der Waals surface area contributed by atoms with Crippen molar-refractivity contribution in [2.45, 2.75) is 12.6 Å². The Morgan fingerprint density at radius 3 is 2.50 bits per heavy atom. The number of rotatable bonds is 3. The molecule has 1 N–H and O–H groups in total. The van der Waals surface area contributed by atoms with Crippen molar-refractivity contribution in [3.05, 3.63) is 65.9 Å². The molecule has 0 aliphatic carbocycles. The van der Waals surface area contributed by atoms with Gasteiger partial charge in [0, 0.05) is 23.8 Å². The molecule has 8 heteroatoms. The highest BCUT2D eigenvalue weighted by molar-refractivity contribution is 5.92. The summed E-state index contributed by atoms with van der Waals surface area (Å²) in [5.41, 5.74) is 0.0688. The van der Waals surface area contributed by atoms with Crippen molar-refractivity contribution in [1.29, 1.82) is 0 Å². The van der Waals surface area contributed by atoms with Crippen molar-refractivity contribution >= 4 is 17.2 Å². The summed E-state index contributed by atoms with van der Waals surface area (Å²) in [6.45, 7) is 0. The van der Waals surface area contributed by atoms with Gasteiger partial charge in [0.1, 0.15) is 0 Å². The second kappa shape index (κ2) is 5.95. The summed E-state index contributed by atoms with van der Waals surface area (Å²) in [4.78, 5) is 15.9. The van der Waals surface area contributed by atoms with Gasteiger partial charge in [0.05, 0.1) is 12.0 Å². The van der Waals surface area contributed by atoms with Crippen LogP contribution in [-0.2, 0) is 17.4 Å². The smallest absolute Gasteiger partial charge is 0.326 e. The van der Waals surface area contributed by atoms with Gasteiger partial charge in [0.25, 0.3) is 0 Å². The van der Waals surface area contributed by atoms with Crippen LogP contribution in [0.3, 0.4) is 0 Å². The first-order valence-electron chi connectivity index (χ1n) is 6.92. The lowest BCUT2D eigenvalue weighted by Crippen LogP contribution is -2.16. The minimum atomic E-state index is -4.43. The van der Waals surface area contributed by atoms with E-state index >= 15 is 0 Å². The molecule has 0 saturated carbocycles. The maximum absolute atomic E-state index is 13.5. The highest BCUT2D eigenvalue weighted by atomic mass is 19.4. The van der Waals surface area contributed by atoms with Crippen LogP contribution >= 0.6 is 0 Å². The Labute approximate surface area is 133 Å². The Morgan fingerprint density at radius 2 is 1.83 bits per heavy atom. The lowest BCUT2D eigenvalue weighted by Gasteiger charge is -2.10. The number of aromatic nitrogens is 2. The largest absolute Gasteiger partial charge is 0.416 e. The summed E-state index contributed by atoms with van der Waals surface area (Å²) in [6, 6.07) is 6.80. The van der Waals surface area contributed by atoms with Crippen molar-refractivity contribution in [3.8, 4) is 0 Å². The molecule has 0 aliphatic rings. The molecule has 0 spiro atoms. The number of nitrogens with one attached hydrogen (secondary N) is 1. The molecular formula is C16H11F4N3O. The van der Waals surface area contributed by atoms with Gasteiger partial charge in [-0.25, -0.2) is 9.37 Å². The molecule has 2 aromatic heterocycles. The van der Waals surface area contributed by atoms with Crippen molar-refractivity contribution in [1.82, 2.24) is 9.38 Å². The van der Waals surface area contributed by atoms with Crippen LogP contribution in [0.25, 0.3) is 5.65 Å². The van der Waals surface area contributed by atoms with Crippen LogP contribution in [0.5, 0.6) is 0 Å². The molecule has 4 nitrogen and oxygen atoms in total. The number of carbonyl (C=O) groups excluding carboxylic acids is 1. The third-order valence-corrected chi connectivity index (χ3v) is 3.42. The number of amides is 1. The van der Waals surface area contributed by atoms with E-state index in [2.05, 4.69) is 10.3 Å². The monoisotopic (exact) mass is 337 g/mol. The van der Waals surface area contributed by atoms with Crippen LogP contribution in [0, 0.1) is 5.82 Å². The molecule has 3 rings (SSSR count). The van der Waals surface area contributed by atoms with Gasteiger partial charge in [-0.15, -0.1) is 0 Å². The van der Waals surface area contributed by atoms with Gasteiger partial charge < -0.3 is 9.72 Å². The van der Waals surface area contributed by atoms with Gasteiger partial charge in [0.2, 0.25) is 5.91 Å². The number of anilines is 1. The van der Waals surface area contributed by atoms with E-state index in [1.54, 1.807) is 0 Å². The Kier molecular flexibility index (Phi) is 3.96. The average molecular weight is 337 g/mol. The summed E-state index contributed by atoms with van der Waals surface area (Å²) in [5.74, 6) is -0.941. The van der Waals surface area contributed by atoms with Gasteiger partial charge in [-0.3, -0.25) is 4.79 Å². The summed E-state index contributed by atoms with van der Waals surface area (Å²) in [5, 5.41) is 2.51. The second-order valence-electron chi connectivity index (χ2n) is 5.09. The summed E-state index contributed by atoms with van der Waals surface area (Å²) in [6.07, 6.45) is -1.56. The minimum absolute atomic E-state index is 0.0752. The van der Waals surface area contributed by atoms with Gasteiger partial charge >= 0.3 is 6.18 Å². The van der Waals surface area contributed by atoms with Crippen LogP contribution < -0.4 is 5.32 Å². The molecule has 0 radical (unpaired) electrons. The zero-order valence-electron chi connectivity index (χ0n) is 12.1. The maximum atomic E-state index is 13.5. The third-order valence-electron chi connectivity index (χ3n) is 3.42. The molecular weight excluding hydrogens is 326 g/mol. The van der Waals surface area contributed by atoms with E-state index in [1.165, 1.54) is 41.1 Å². The fourth-order valence-electron chi connectivity index (χ4n) is 2.29. The Morgan fingerprint density at radius 1 is 1.12 bits per heavy atom. The molecule has 0 atom stereocenters. The van der Waals surface area contributed by atoms with E-state index in [-0.39, 0.29) is 17.8 Å². The van der Waals surface area contributed by atoms with Crippen molar-refractivity contribution in [2.75, 3.05) is 5.32 Å². The van der Waals surface area contributed by atoms with E-state index in [1.807, 2.05) is 0 Å². The number of carbonyl (C=O) groups is 1. The van der Waals surface area contributed by atoms with E-state index in [4.69, 9.17) is 0 Å². The van der Waals surface area contributed by atoms with Gasteiger partial charge in [-0.2, -0.15) is 13.2 Å². The zero-order valence-corrected chi connectivity index (χ0v) is 12.1. The molecule has 0 unspecified atom stereocenters. The predicted octanol–water partition coefficient (Wildman–Crippen LogP) is 3.67. The standard InChI is InChI=1S/C16H11F4N3O/c17-13-6-5-12(23-8-7-21-15(13)23)9-14(24)22-11-3-1-10(2-4-11)16(18,19)20/h1-8H,9H2,(H,22,24). The molecule has 1 amide bonds. The van der Waals surface area contributed by atoms with E-state index in [0.29, 0.717) is 5.69 Å². The summed E-state index contributed by atoms with van der Waals surface area (Å²) in [7, 11) is 0. The normalized spacial score (nSPS) is 11.7. The fourth-order valence-corrected chi connectivity index (χ4v) is 2.29. The molecule has 124 valence electrons. The molecule has 24 heavy (non-hydrogen) atoms. The van der Waals surface area contributed by atoms with E-state index in [9.17, 15) is 22.4 Å². The summed E-state index contributed by atoms with van der Waals surface area (Å²) >= 11 is 0. The SMILES string of the molecule is O=C(Cc1ccc(F)c2nccn12)Nc1ccc(C(F)(F)F)cc1. The number of fused-ring (bicyclic) bond motifs is 1. The first kappa shape index (κ1) is 16.0. The van der Waals surface area contributed by atoms with Crippen molar-refractivity contribution in [3.63, 3.8) is 0 Å². The van der Waals surface area contributed by atoms with Crippen LogP contribution in [0.4, 0.5) is 23.2 Å². The Balaban J connectivity index is 1.73. The number of imidazole rings is 1. The number of hydrogen-bond donors (Lipinski definition) is 1. The van der Waals surface area contributed by atoms with Crippen LogP contribution in [0.1, 0.15) is 11.3 Å². The Bertz CT molecular complexity index is 884. The number of hydrogen-bond acceptors (Lipinski definition) is 2. The quantitative estimate of drug-likeness (QED) is 0.741. The molecule has 1 aromatic carbocycles. The number of benzene rings is 1. The number of nitrogens with zero attached hydrogens (tertiary/aromatic N) is 2. The van der Waals surface area contributed by atoms with Gasteiger partial charge in [0.15, 0.2) is 11.5 Å². The van der Waals surface area contributed by atoms with Crippen molar-refractivity contribution in [2.24, 2.45) is 0 Å². The summed E-state index contributed by atoms with van der Waals surface area (Å²) < 4.78 is 52.5. The van der Waals surface area contributed by atoms with Gasteiger partial charge in [-0.05, 0) is 36.4 Å². The van der Waals surface area contributed by atoms with Crippen LogP contribution in [0.15, 0.2) is 48.8 Å². The van der Waals surface area contributed by atoms with Crippen LogP contribution in [-0.4, -0.2) is 15.3 Å². The maximum Gasteiger partial charge on any atom is 0.416 e. The molecule has 0 bridgehead atoms. The Hall–Kier alpha value is -2.90. The lowest BCUT2D eigenvalue weighted by atomic mass is 10.2. The topological polar surface area (TPSA) is 46.4 Å². The molecule has 0 fully saturated rings. The first-order valence-corrected chi connectivity index (χ1v) is 6.92. The molecule has 0 saturated heterocycles. The fraction of sp³-hybridized carbons (Fsp3) is 0.125. The van der Waals surface area contributed by atoms with Gasteiger partial charge in [-0.1, -0.05) is 0 Å². The lowest BCUT2D eigenvalue weighted by molar-refractivity contribution is -0.137. The molecule has 2 heterocycles. The first-order chi connectivity index (χ1) is 11.3. The molecule has 3 aromatic rings. The number of pyridine rings is 1. The van der Waals surface area contributed by atoms with E-state index in [0.717, 1.165) is 12.1 Å². The number of halogens is 4. The third kappa shape index (κ3) is 3.22. The highest BCUT2D eigenvalue weighted by Crippen LogP contribution is 2.29. The minimum Gasteiger partial charge on any atom is -0.326 e. The number of alkyl halides is 3. The highest BCUT2D eigenvalue weighted by Gasteiger charge is 2.29. The van der Waals surface area contributed by atoms with Crippen LogP contribution in [0.2, 0.25) is 0 Å². The second-order valence-corrected chi connectivity index (χ2v) is 5.09.